The lowest BCUT2D eigenvalue weighted by Gasteiger charge is -2.03. The molecule has 0 aliphatic heterocycles. The predicted octanol–water partition coefficient (Wildman–Crippen LogP) is 1.78. The monoisotopic (exact) mass is 272 g/mol. The zero-order chi connectivity index (χ0) is 14.3. The van der Waals surface area contributed by atoms with Crippen LogP contribution in [0.5, 0.6) is 0 Å². The van der Waals surface area contributed by atoms with Crippen LogP contribution in [0.1, 0.15) is 27.9 Å². The predicted molar refractivity (Wildman–Crippen MR) is 69.6 cm³/mol. The third kappa shape index (κ3) is 2.03. The molecule has 3 rings (SSSR count). The maximum atomic E-state index is 11.0. The Morgan fingerprint density at radius 2 is 2.15 bits per heavy atom. The molecule has 102 valence electrons. The van der Waals surface area contributed by atoms with Crippen molar-refractivity contribution in [3.63, 3.8) is 0 Å². The van der Waals surface area contributed by atoms with E-state index in [-0.39, 0.29) is 5.56 Å². The standard InChI is InChI=1S/C13H12N4O3/c1-7-14-10-5-9(13(18)19)3-4-11(10)17(7)6-12-15-8(2)20-16-12/h3-5H,6H2,1-2H3,(H,18,19). The van der Waals surface area contributed by atoms with Gasteiger partial charge in [0.25, 0.3) is 0 Å². The summed E-state index contributed by atoms with van der Waals surface area (Å²) in [4.78, 5) is 19.5. The first-order valence-corrected chi connectivity index (χ1v) is 6.04. The SMILES string of the molecule is Cc1nc(Cn2c(C)nc3cc(C(=O)O)ccc32)no1. The molecule has 2 aromatic heterocycles. The largest absolute Gasteiger partial charge is 0.478 e. The van der Waals surface area contributed by atoms with Gasteiger partial charge in [-0.25, -0.2) is 9.78 Å². The van der Waals surface area contributed by atoms with Crippen molar-refractivity contribution < 1.29 is 14.4 Å². The lowest BCUT2D eigenvalue weighted by Crippen LogP contribution is -2.03. The number of imidazole rings is 1. The molecular weight excluding hydrogens is 260 g/mol. The van der Waals surface area contributed by atoms with E-state index in [1.807, 2.05) is 11.5 Å². The van der Waals surface area contributed by atoms with E-state index in [4.69, 9.17) is 9.63 Å². The third-order valence-corrected chi connectivity index (χ3v) is 3.06. The van der Waals surface area contributed by atoms with Gasteiger partial charge in [0.05, 0.1) is 23.1 Å². The number of hydrogen-bond donors (Lipinski definition) is 1. The summed E-state index contributed by atoms with van der Waals surface area (Å²) >= 11 is 0. The Balaban J connectivity index is 2.06. The summed E-state index contributed by atoms with van der Waals surface area (Å²) in [6.07, 6.45) is 0. The van der Waals surface area contributed by atoms with Gasteiger partial charge in [0, 0.05) is 6.92 Å². The highest BCUT2D eigenvalue weighted by atomic mass is 16.5. The first-order valence-electron chi connectivity index (χ1n) is 6.04. The van der Waals surface area contributed by atoms with Crippen LogP contribution >= 0.6 is 0 Å². The van der Waals surface area contributed by atoms with Crippen LogP contribution < -0.4 is 0 Å². The van der Waals surface area contributed by atoms with E-state index in [1.54, 1.807) is 25.1 Å². The molecule has 0 radical (unpaired) electrons. The third-order valence-electron chi connectivity index (χ3n) is 3.06. The van der Waals surface area contributed by atoms with E-state index in [1.165, 1.54) is 0 Å². The fourth-order valence-corrected chi connectivity index (χ4v) is 2.13. The Hall–Kier alpha value is -2.70. The van der Waals surface area contributed by atoms with Gasteiger partial charge in [0.1, 0.15) is 5.82 Å². The minimum atomic E-state index is -0.965. The molecule has 0 saturated carbocycles. The normalized spacial score (nSPS) is 11.1. The molecule has 0 fully saturated rings. The number of carboxylic acid groups (broad SMARTS) is 1. The Morgan fingerprint density at radius 3 is 2.80 bits per heavy atom. The average molecular weight is 272 g/mol. The lowest BCUT2D eigenvalue weighted by molar-refractivity contribution is 0.0697. The van der Waals surface area contributed by atoms with Gasteiger partial charge >= 0.3 is 5.97 Å². The summed E-state index contributed by atoms with van der Waals surface area (Å²) in [5.74, 6) is 0.875. The van der Waals surface area contributed by atoms with Gasteiger partial charge in [0.2, 0.25) is 5.89 Å². The molecule has 20 heavy (non-hydrogen) atoms. The van der Waals surface area contributed by atoms with Crippen molar-refractivity contribution in [2.75, 3.05) is 0 Å². The first-order chi connectivity index (χ1) is 9.54. The highest BCUT2D eigenvalue weighted by molar-refractivity contribution is 5.92. The first kappa shape index (κ1) is 12.3. The number of benzene rings is 1. The van der Waals surface area contributed by atoms with Gasteiger partial charge in [-0.15, -0.1) is 0 Å². The molecule has 0 saturated heterocycles. The number of nitrogens with zero attached hydrogens (tertiary/aromatic N) is 4. The summed E-state index contributed by atoms with van der Waals surface area (Å²) in [5, 5.41) is 12.8. The molecule has 0 bridgehead atoms. The minimum Gasteiger partial charge on any atom is -0.478 e. The molecule has 3 aromatic rings. The minimum absolute atomic E-state index is 0.220. The Morgan fingerprint density at radius 1 is 1.35 bits per heavy atom. The Labute approximate surface area is 113 Å². The molecule has 0 spiro atoms. The van der Waals surface area contributed by atoms with Crippen LogP contribution in [0.3, 0.4) is 0 Å². The Kier molecular flexibility index (Phi) is 2.74. The van der Waals surface area contributed by atoms with Crippen LogP contribution in [0, 0.1) is 13.8 Å². The van der Waals surface area contributed by atoms with E-state index >= 15 is 0 Å². The fourth-order valence-electron chi connectivity index (χ4n) is 2.13. The molecule has 7 heteroatoms. The molecule has 0 unspecified atom stereocenters. The molecule has 0 aliphatic rings. The molecule has 1 aromatic carbocycles. The van der Waals surface area contributed by atoms with E-state index in [9.17, 15) is 4.79 Å². The van der Waals surface area contributed by atoms with Crippen LogP contribution in [-0.2, 0) is 6.54 Å². The van der Waals surface area contributed by atoms with E-state index in [0.717, 1.165) is 11.3 Å². The molecule has 0 atom stereocenters. The van der Waals surface area contributed by atoms with Gasteiger partial charge in [-0.05, 0) is 25.1 Å². The number of aryl methyl sites for hydroxylation is 2. The van der Waals surface area contributed by atoms with Crippen molar-refractivity contribution in [3.8, 4) is 0 Å². The van der Waals surface area contributed by atoms with Gasteiger partial charge in [-0.1, -0.05) is 5.16 Å². The van der Waals surface area contributed by atoms with Crippen LogP contribution in [-0.4, -0.2) is 30.8 Å². The average Bonchev–Trinajstić information content (AvgIpc) is 2.94. The smallest absolute Gasteiger partial charge is 0.335 e. The van der Waals surface area contributed by atoms with Crippen LogP contribution in [0.25, 0.3) is 11.0 Å². The maximum absolute atomic E-state index is 11.0. The van der Waals surface area contributed by atoms with Crippen LogP contribution in [0.15, 0.2) is 22.7 Å². The second-order valence-corrected chi connectivity index (χ2v) is 4.48. The second-order valence-electron chi connectivity index (χ2n) is 4.48. The van der Waals surface area contributed by atoms with Crippen molar-refractivity contribution in [2.24, 2.45) is 0 Å². The van der Waals surface area contributed by atoms with Gasteiger partial charge in [0.15, 0.2) is 5.82 Å². The zero-order valence-electron chi connectivity index (χ0n) is 11.0. The van der Waals surface area contributed by atoms with Crippen molar-refractivity contribution >= 4 is 17.0 Å². The second kappa shape index (κ2) is 4.44. The maximum Gasteiger partial charge on any atom is 0.335 e. The molecule has 0 aliphatic carbocycles. The fraction of sp³-hybridized carbons (Fsp3) is 0.231. The van der Waals surface area contributed by atoms with Crippen molar-refractivity contribution in [3.05, 3.63) is 41.3 Å². The molecule has 1 N–H and O–H groups in total. The zero-order valence-corrected chi connectivity index (χ0v) is 11.0. The summed E-state index contributed by atoms with van der Waals surface area (Å²) in [6, 6.07) is 4.86. The quantitative estimate of drug-likeness (QED) is 0.781. The number of hydrogen-bond acceptors (Lipinski definition) is 5. The molecule has 2 heterocycles. The summed E-state index contributed by atoms with van der Waals surface area (Å²) in [5.41, 5.74) is 1.70. The van der Waals surface area contributed by atoms with Crippen molar-refractivity contribution in [2.45, 2.75) is 20.4 Å². The summed E-state index contributed by atoms with van der Waals surface area (Å²) < 4.78 is 6.87. The van der Waals surface area contributed by atoms with E-state index in [0.29, 0.717) is 23.8 Å². The highest BCUT2D eigenvalue weighted by Crippen LogP contribution is 2.18. The number of carbonyl (C=O) groups is 1. The number of fused-ring (bicyclic) bond motifs is 1. The van der Waals surface area contributed by atoms with Gasteiger partial charge in [-0.2, -0.15) is 4.98 Å². The van der Waals surface area contributed by atoms with E-state index in [2.05, 4.69) is 15.1 Å². The highest BCUT2D eigenvalue weighted by Gasteiger charge is 2.13. The molecule has 0 amide bonds. The summed E-state index contributed by atoms with van der Waals surface area (Å²) in [7, 11) is 0. The number of carboxylic acids is 1. The van der Waals surface area contributed by atoms with Gasteiger partial charge < -0.3 is 14.2 Å². The van der Waals surface area contributed by atoms with Crippen LogP contribution in [0.4, 0.5) is 0 Å². The molecular formula is C13H12N4O3. The van der Waals surface area contributed by atoms with Crippen LogP contribution in [0.2, 0.25) is 0 Å². The number of aromatic carboxylic acids is 1. The number of aromatic nitrogens is 4. The van der Waals surface area contributed by atoms with Crippen molar-refractivity contribution in [1.29, 1.82) is 0 Å². The summed E-state index contributed by atoms with van der Waals surface area (Å²) in [6.45, 7) is 4.02. The topological polar surface area (TPSA) is 94.0 Å². The van der Waals surface area contributed by atoms with Gasteiger partial charge in [-0.3, -0.25) is 0 Å². The molecule has 7 nitrogen and oxygen atoms in total. The number of rotatable bonds is 3. The van der Waals surface area contributed by atoms with Crippen molar-refractivity contribution in [1.82, 2.24) is 19.7 Å². The lowest BCUT2D eigenvalue weighted by atomic mass is 10.2. The Bertz CT molecular complexity index is 803. The van der Waals surface area contributed by atoms with E-state index < -0.39 is 5.97 Å².